The number of methoxy groups -OCH3 is 1. The zero-order valence-corrected chi connectivity index (χ0v) is 11.0. The maximum absolute atomic E-state index is 11.8. The Labute approximate surface area is 111 Å². The Kier molecular flexibility index (Phi) is 3.90. The zero-order valence-electron chi connectivity index (χ0n) is 11.0. The molecule has 0 aromatic carbocycles. The molecule has 3 N–H and O–H groups in total. The summed E-state index contributed by atoms with van der Waals surface area (Å²) in [4.78, 5) is 23.3. The topological polar surface area (TPSA) is 86.3 Å². The number of hydrogen-bond donors (Lipinski definition) is 2. The molecule has 104 valence electrons. The van der Waals surface area contributed by atoms with Crippen molar-refractivity contribution in [1.82, 2.24) is 9.88 Å². The van der Waals surface area contributed by atoms with Crippen molar-refractivity contribution in [3.63, 3.8) is 0 Å². The molecule has 0 spiro atoms. The van der Waals surface area contributed by atoms with Crippen molar-refractivity contribution in [3.05, 3.63) is 28.7 Å². The van der Waals surface area contributed by atoms with E-state index >= 15 is 0 Å². The minimum atomic E-state index is -0.241. The Morgan fingerprint density at radius 2 is 2.26 bits per heavy atom. The van der Waals surface area contributed by atoms with Crippen LogP contribution in [0.2, 0.25) is 0 Å². The van der Waals surface area contributed by atoms with Gasteiger partial charge in [0, 0.05) is 31.6 Å². The van der Waals surface area contributed by atoms with E-state index in [0.717, 1.165) is 19.3 Å². The first-order chi connectivity index (χ1) is 9.04. The first kappa shape index (κ1) is 13.6. The Balaban J connectivity index is 1.91. The summed E-state index contributed by atoms with van der Waals surface area (Å²) in [7, 11) is 1.66. The Morgan fingerprint density at radius 1 is 1.53 bits per heavy atom. The number of pyridine rings is 1. The van der Waals surface area contributed by atoms with Crippen molar-refractivity contribution in [2.24, 2.45) is 0 Å². The SMILES string of the molecule is COC1(CNC(=O)Cn2cc(N)ccc2=O)CCC1. The van der Waals surface area contributed by atoms with Crippen LogP contribution in [0.1, 0.15) is 19.3 Å². The van der Waals surface area contributed by atoms with Crippen LogP contribution in [-0.4, -0.2) is 29.7 Å². The molecule has 0 aliphatic heterocycles. The van der Waals surface area contributed by atoms with Gasteiger partial charge >= 0.3 is 0 Å². The number of ether oxygens (including phenoxy) is 1. The molecule has 1 aliphatic rings. The second kappa shape index (κ2) is 5.44. The summed E-state index contributed by atoms with van der Waals surface area (Å²) in [5.41, 5.74) is 5.59. The monoisotopic (exact) mass is 265 g/mol. The van der Waals surface area contributed by atoms with Gasteiger partial charge in [0.05, 0.1) is 5.60 Å². The number of rotatable bonds is 5. The van der Waals surface area contributed by atoms with Gasteiger partial charge in [0.2, 0.25) is 5.91 Å². The number of hydrogen-bond acceptors (Lipinski definition) is 4. The molecule has 1 fully saturated rings. The fourth-order valence-electron chi connectivity index (χ4n) is 2.17. The fourth-order valence-corrected chi connectivity index (χ4v) is 2.17. The Morgan fingerprint density at radius 3 is 2.84 bits per heavy atom. The molecule has 1 saturated carbocycles. The van der Waals surface area contributed by atoms with Gasteiger partial charge in [-0.05, 0) is 25.3 Å². The average molecular weight is 265 g/mol. The molecular weight excluding hydrogens is 246 g/mol. The number of anilines is 1. The van der Waals surface area contributed by atoms with E-state index in [0.29, 0.717) is 12.2 Å². The fraction of sp³-hybridized carbons (Fsp3) is 0.538. The number of aromatic nitrogens is 1. The van der Waals surface area contributed by atoms with Crippen molar-refractivity contribution in [3.8, 4) is 0 Å². The van der Waals surface area contributed by atoms with Crippen LogP contribution in [0.25, 0.3) is 0 Å². The molecule has 6 nitrogen and oxygen atoms in total. The number of nitrogens with zero attached hydrogens (tertiary/aromatic N) is 1. The highest BCUT2D eigenvalue weighted by molar-refractivity contribution is 5.75. The van der Waals surface area contributed by atoms with Crippen LogP contribution in [0.15, 0.2) is 23.1 Å². The van der Waals surface area contributed by atoms with Gasteiger partial charge in [-0.1, -0.05) is 0 Å². The second-order valence-corrected chi connectivity index (χ2v) is 4.95. The standard InChI is InChI=1S/C13H19N3O3/c1-19-13(5-2-6-13)9-15-11(17)8-16-7-10(14)3-4-12(16)18/h3-4,7H,2,5-6,8-9,14H2,1H3,(H,15,17). The first-order valence-corrected chi connectivity index (χ1v) is 6.32. The van der Waals surface area contributed by atoms with E-state index in [-0.39, 0.29) is 23.6 Å². The van der Waals surface area contributed by atoms with Crippen molar-refractivity contribution in [2.45, 2.75) is 31.4 Å². The van der Waals surface area contributed by atoms with Crippen LogP contribution >= 0.6 is 0 Å². The van der Waals surface area contributed by atoms with Crippen molar-refractivity contribution in [2.75, 3.05) is 19.4 Å². The number of nitrogens with one attached hydrogen (secondary N) is 1. The zero-order chi connectivity index (χ0) is 13.9. The second-order valence-electron chi connectivity index (χ2n) is 4.95. The van der Waals surface area contributed by atoms with Gasteiger partial charge < -0.3 is 20.4 Å². The van der Waals surface area contributed by atoms with E-state index in [9.17, 15) is 9.59 Å². The number of nitrogens with two attached hydrogens (primary N) is 1. The Bertz CT molecular complexity index is 515. The van der Waals surface area contributed by atoms with Crippen LogP contribution in [0.4, 0.5) is 5.69 Å². The molecule has 1 aromatic rings. The number of nitrogen functional groups attached to an aromatic ring is 1. The van der Waals surface area contributed by atoms with Crippen LogP contribution < -0.4 is 16.6 Å². The maximum Gasteiger partial charge on any atom is 0.251 e. The lowest BCUT2D eigenvalue weighted by Gasteiger charge is -2.40. The number of carbonyl (C=O) groups excluding carboxylic acids is 1. The lowest BCUT2D eigenvalue weighted by molar-refractivity contribution is -0.125. The summed E-state index contributed by atoms with van der Waals surface area (Å²) in [5, 5.41) is 2.81. The predicted octanol–water partition coefficient (Wildman–Crippen LogP) is 0.116. The smallest absolute Gasteiger partial charge is 0.251 e. The van der Waals surface area contributed by atoms with Gasteiger partial charge in [0.1, 0.15) is 6.54 Å². The van der Waals surface area contributed by atoms with E-state index in [4.69, 9.17) is 10.5 Å². The van der Waals surface area contributed by atoms with E-state index < -0.39 is 0 Å². The first-order valence-electron chi connectivity index (χ1n) is 6.32. The van der Waals surface area contributed by atoms with Crippen molar-refractivity contribution >= 4 is 11.6 Å². The van der Waals surface area contributed by atoms with E-state index in [2.05, 4.69) is 5.32 Å². The minimum absolute atomic E-state index is 0.0241. The van der Waals surface area contributed by atoms with Gasteiger partial charge in [-0.25, -0.2) is 0 Å². The molecule has 1 aliphatic carbocycles. The van der Waals surface area contributed by atoms with Gasteiger partial charge in [-0.3, -0.25) is 9.59 Å². The number of amides is 1. The van der Waals surface area contributed by atoms with E-state index in [1.165, 1.54) is 22.9 Å². The van der Waals surface area contributed by atoms with E-state index in [1.54, 1.807) is 7.11 Å². The van der Waals surface area contributed by atoms with Gasteiger partial charge in [0.25, 0.3) is 5.56 Å². The van der Waals surface area contributed by atoms with Gasteiger partial charge in [-0.2, -0.15) is 0 Å². The highest BCUT2D eigenvalue weighted by Gasteiger charge is 2.37. The summed E-state index contributed by atoms with van der Waals surface area (Å²) >= 11 is 0. The third kappa shape index (κ3) is 3.14. The highest BCUT2D eigenvalue weighted by Crippen LogP contribution is 2.34. The molecule has 1 amide bonds. The summed E-state index contributed by atoms with van der Waals surface area (Å²) in [6.07, 6.45) is 4.51. The third-order valence-electron chi connectivity index (χ3n) is 3.63. The predicted molar refractivity (Wildman–Crippen MR) is 71.7 cm³/mol. The minimum Gasteiger partial charge on any atom is -0.398 e. The third-order valence-corrected chi connectivity index (χ3v) is 3.63. The van der Waals surface area contributed by atoms with Crippen LogP contribution in [-0.2, 0) is 16.1 Å². The summed E-state index contributed by atoms with van der Waals surface area (Å²) in [6, 6.07) is 2.87. The van der Waals surface area contributed by atoms with Crippen molar-refractivity contribution < 1.29 is 9.53 Å². The molecule has 0 atom stereocenters. The molecule has 0 saturated heterocycles. The molecule has 2 rings (SSSR count). The lowest BCUT2D eigenvalue weighted by Crippen LogP contribution is -2.50. The summed E-state index contributed by atoms with van der Waals surface area (Å²) in [6.45, 7) is 0.461. The van der Waals surface area contributed by atoms with E-state index in [1.807, 2.05) is 0 Å². The average Bonchev–Trinajstić information content (AvgIpc) is 2.33. The van der Waals surface area contributed by atoms with Crippen LogP contribution in [0.3, 0.4) is 0 Å². The molecular formula is C13H19N3O3. The molecule has 0 radical (unpaired) electrons. The highest BCUT2D eigenvalue weighted by atomic mass is 16.5. The van der Waals surface area contributed by atoms with Crippen molar-refractivity contribution in [1.29, 1.82) is 0 Å². The molecule has 1 aromatic heterocycles. The Hall–Kier alpha value is -1.82. The quantitative estimate of drug-likeness (QED) is 0.791. The van der Waals surface area contributed by atoms with Crippen LogP contribution in [0.5, 0.6) is 0 Å². The molecule has 6 heteroatoms. The number of carbonyl (C=O) groups is 1. The summed E-state index contributed by atoms with van der Waals surface area (Å²) < 4.78 is 6.71. The largest absolute Gasteiger partial charge is 0.398 e. The normalized spacial score (nSPS) is 16.7. The van der Waals surface area contributed by atoms with Gasteiger partial charge in [0.15, 0.2) is 0 Å². The molecule has 1 heterocycles. The molecule has 19 heavy (non-hydrogen) atoms. The summed E-state index contributed by atoms with van der Waals surface area (Å²) in [5.74, 6) is -0.212. The maximum atomic E-state index is 11.8. The molecule has 0 bridgehead atoms. The van der Waals surface area contributed by atoms with Gasteiger partial charge in [-0.15, -0.1) is 0 Å². The van der Waals surface area contributed by atoms with Crippen LogP contribution in [0, 0.1) is 0 Å². The molecule has 0 unspecified atom stereocenters. The lowest BCUT2D eigenvalue weighted by atomic mass is 9.80.